The molecule has 0 amide bonds. The van der Waals surface area contributed by atoms with Crippen molar-refractivity contribution >= 4 is 189 Å². The monoisotopic (exact) mass is 732 g/mol. The molecule has 80 valence electrons. The van der Waals surface area contributed by atoms with E-state index in [1.165, 1.54) is 0 Å². The summed E-state index contributed by atoms with van der Waals surface area (Å²) in [5.41, 5.74) is 0. The van der Waals surface area contributed by atoms with Gasteiger partial charge in [-0.25, -0.2) is 0 Å². The number of aliphatic hydroxyl groups excluding tert-OH is 1. The average Bonchev–Trinajstić information content (AvgIpc) is 2.28. The number of rotatable bonds is 5. The van der Waals surface area contributed by atoms with E-state index in [0.717, 1.165) is 0 Å². The van der Waals surface area contributed by atoms with Crippen molar-refractivity contribution in [3.63, 3.8) is 0 Å². The van der Waals surface area contributed by atoms with Crippen molar-refractivity contribution in [3.8, 4) is 0 Å². The van der Waals surface area contributed by atoms with Crippen molar-refractivity contribution in [2.24, 2.45) is 0 Å². The van der Waals surface area contributed by atoms with E-state index in [4.69, 9.17) is 4.96 Å². The summed E-state index contributed by atoms with van der Waals surface area (Å²) in [5, 5.41) is 9.84. The molecule has 1 N–H and O–H groups in total. The Bertz CT molecular complexity index is 209. The van der Waals surface area contributed by atoms with Gasteiger partial charge in [-0.2, -0.15) is 0 Å². The van der Waals surface area contributed by atoms with Crippen molar-refractivity contribution < 1.29 is 10.1 Å². The van der Waals surface area contributed by atoms with Crippen LogP contribution < -0.4 is 0 Å². The van der Waals surface area contributed by atoms with E-state index in [9.17, 15) is 5.11 Å². The first-order valence-corrected chi connectivity index (χ1v) is 15.4. The molecule has 1 aliphatic heterocycles. The summed E-state index contributed by atoms with van der Waals surface area (Å²) in [6.45, 7) is 0.502. The molecule has 1 heterocycles. The molecule has 10 heteroatoms. The van der Waals surface area contributed by atoms with Crippen LogP contribution in [-0.4, -0.2) is 231 Å². The van der Waals surface area contributed by atoms with Crippen LogP contribution >= 0.6 is 0 Å². The molecule has 0 aromatic rings. The van der Waals surface area contributed by atoms with Crippen molar-refractivity contribution in [2.75, 3.05) is 6.61 Å². The van der Waals surface area contributed by atoms with Gasteiger partial charge in [0.15, 0.2) is 0 Å². The van der Waals surface area contributed by atoms with Crippen LogP contribution in [-0.2, 0) is 4.96 Å². The molecule has 0 bridgehead atoms. The summed E-state index contributed by atoms with van der Waals surface area (Å²) in [6.07, 6.45) is -1.73. The topological polar surface area (TPSA) is 66.4 Å². The number of aliphatic hydroxyl groups is 1. The minimum atomic E-state index is -0.900. The predicted octanol–water partition coefficient (Wildman–Crippen LogP) is -3.86. The fourth-order valence-corrected chi connectivity index (χ4v) is 8.08. The molecule has 0 aromatic heterocycles. The maximum absolute atomic E-state index is 9.84. The number of hydrogen-bond acceptors (Lipinski definition) is 6. The van der Waals surface area contributed by atoms with Crippen LogP contribution in [0.25, 0.3) is 0 Å². The molecule has 1 rings (SSSR count). The van der Waals surface area contributed by atoms with Gasteiger partial charge in [-0.3, -0.25) is 0 Å². The fourth-order valence-electron chi connectivity index (χ4n) is 2.00. The number of hydrogen-bond donors (Lipinski definition) is 1. The molecule has 16 heavy (non-hydrogen) atoms. The van der Waals surface area contributed by atoms with Crippen molar-refractivity contribution in [3.05, 3.63) is 0 Å². The third-order valence-corrected chi connectivity index (χ3v) is 8.93. The van der Waals surface area contributed by atoms with Gasteiger partial charge in [0.1, 0.15) is 0 Å². The van der Waals surface area contributed by atoms with Gasteiger partial charge in [0.2, 0.25) is 0 Å². The van der Waals surface area contributed by atoms with Gasteiger partial charge in [-0.15, -0.1) is 0 Å². The molecule has 5 unspecified atom stereocenters. The molecule has 1 fully saturated rings. The third kappa shape index (κ3) is 5.92. The van der Waals surface area contributed by atoms with Crippen LogP contribution in [0.5, 0.6) is 0 Å². The Labute approximate surface area is 228 Å². The molecule has 5 atom stereocenters. The molecular formula is C6H12Ba4O6. The van der Waals surface area contributed by atoms with E-state index in [0.29, 0.717) is 6.61 Å². The second-order valence-electron chi connectivity index (χ2n) is 3.62. The summed E-state index contributed by atoms with van der Waals surface area (Å²) in [5.74, 6) is 0. The van der Waals surface area contributed by atoms with E-state index in [-0.39, 0.29) is 213 Å². The molecule has 0 radical (unpaired) electrons. The maximum atomic E-state index is 9.84. The van der Waals surface area contributed by atoms with Crippen LogP contribution in [0.4, 0.5) is 0 Å². The molecule has 0 aliphatic carbocycles. The fraction of sp³-hybridized carbons (Fsp3) is 1.00. The van der Waals surface area contributed by atoms with E-state index in [1.54, 1.807) is 0 Å². The Hall–Kier alpha value is 6.05. The van der Waals surface area contributed by atoms with E-state index in [2.05, 4.69) is 0 Å². The molecule has 6 nitrogen and oxygen atoms in total. The van der Waals surface area contributed by atoms with Gasteiger partial charge < -0.3 is 0 Å². The molecule has 0 saturated carbocycles. The van der Waals surface area contributed by atoms with Crippen LogP contribution in [0.15, 0.2) is 0 Å². The normalized spacial score (nSPS) is 39.4. The first kappa shape index (κ1) is 20.1. The van der Waals surface area contributed by atoms with E-state index in [1.807, 2.05) is 0 Å². The molecule has 0 aromatic carbocycles. The zero-order valence-corrected chi connectivity index (χ0v) is 35.2. The van der Waals surface area contributed by atoms with E-state index < -0.39 is 6.29 Å². The third-order valence-electron chi connectivity index (χ3n) is 2.76. The zero-order valence-electron chi connectivity index (χ0n) is 10.1. The van der Waals surface area contributed by atoms with Gasteiger partial charge >= 0.3 is 236 Å². The van der Waals surface area contributed by atoms with Crippen molar-refractivity contribution in [1.29, 1.82) is 0 Å². The van der Waals surface area contributed by atoms with Gasteiger partial charge in [-0.1, -0.05) is 0 Å². The zero-order chi connectivity index (χ0) is 12.1. The van der Waals surface area contributed by atoms with Crippen molar-refractivity contribution in [2.45, 2.75) is 30.7 Å². The summed E-state index contributed by atoms with van der Waals surface area (Å²) >= 11 is 0.0293. The Balaban J connectivity index is 2.78. The predicted molar refractivity (Wildman–Crippen MR) is 60.0 cm³/mol. The second kappa shape index (κ2) is 11.6. The summed E-state index contributed by atoms with van der Waals surface area (Å²) in [6, 6.07) is 0. The molecular weight excluding hydrogens is 717 g/mol. The Kier molecular flexibility index (Phi) is 14.5. The SMILES string of the molecule is OC1OC(C[O][BaH])C([O][BaH])C([O][BaH])C1[O][BaH]. The van der Waals surface area contributed by atoms with Crippen LogP contribution in [0, 0.1) is 0 Å². The molecule has 1 saturated heterocycles. The first-order chi connectivity index (χ1) is 7.69. The second-order valence-corrected chi connectivity index (χ2v) is 9.88. The summed E-state index contributed by atoms with van der Waals surface area (Å²) in [7, 11) is 0. The standard InChI is InChI=1S/C6H8O6.4Ba.4H/c7-1-2-3(8)4(9)5(10)6(11)12-2;;;;;;;;/h2-6,11H,1H2;;;;;;;;/q-4;4*+1;;;;. The Morgan fingerprint density at radius 1 is 0.938 bits per heavy atom. The van der Waals surface area contributed by atoms with Crippen molar-refractivity contribution in [1.82, 2.24) is 0 Å². The van der Waals surface area contributed by atoms with Gasteiger partial charge in [0, 0.05) is 0 Å². The van der Waals surface area contributed by atoms with Gasteiger partial charge in [0.05, 0.1) is 0 Å². The Morgan fingerprint density at radius 2 is 1.50 bits per heavy atom. The Morgan fingerprint density at radius 3 is 1.94 bits per heavy atom. The number of ether oxygens (including phenoxy) is 1. The van der Waals surface area contributed by atoms with Crippen LogP contribution in [0.2, 0.25) is 0 Å². The first-order valence-electron chi connectivity index (χ1n) is 5.10. The van der Waals surface area contributed by atoms with Gasteiger partial charge in [-0.05, 0) is 0 Å². The molecule has 0 spiro atoms. The van der Waals surface area contributed by atoms with E-state index >= 15 is 0 Å². The van der Waals surface area contributed by atoms with Crippen LogP contribution in [0.3, 0.4) is 0 Å². The van der Waals surface area contributed by atoms with Gasteiger partial charge in [0.25, 0.3) is 0 Å². The summed E-state index contributed by atoms with van der Waals surface area (Å²) < 4.78 is 27.5. The quantitative estimate of drug-likeness (QED) is 0.293. The molecule has 1 aliphatic rings. The average molecular weight is 729 g/mol. The van der Waals surface area contributed by atoms with Crippen LogP contribution in [0.1, 0.15) is 0 Å². The minimum absolute atomic E-state index is 0.00720. The summed E-state index contributed by atoms with van der Waals surface area (Å²) in [4.78, 5) is 0.